The summed E-state index contributed by atoms with van der Waals surface area (Å²) in [6.45, 7) is 0. The van der Waals surface area contributed by atoms with Gasteiger partial charge < -0.3 is 15.9 Å². The molecule has 0 aliphatic rings. The molecule has 0 saturated carbocycles. The van der Waals surface area contributed by atoms with Crippen molar-refractivity contribution >= 4 is 23.9 Å². The number of ether oxygens (including phenoxy) is 1. The van der Waals surface area contributed by atoms with Gasteiger partial charge in [-0.2, -0.15) is 10.4 Å². The van der Waals surface area contributed by atoms with Gasteiger partial charge in [0.25, 0.3) is 5.91 Å². The first-order chi connectivity index (χ1) is 16.0. The molecular weight excluding hydrogens is 418 g/mol. The van der Waals surface area contributed by atoms with E-state index in [1.807, 2.05) is 66.7 Å². The van der Waals surface area contributed by atoms with Gasteiger partial charge in [-0.3, -0.25) is 10.1 Å². The molecular formula is C25H23N5O3. The molecule has 3 rings (SSSR count). The van der Waals surface area contributed by atoms with E-state index in [0.29, 0.717) is 17.7 Å². The number of anilines is 1. The van der Waals surface area contributed by atoms with E-state index < -0.39 is 18.0 Å². The van der Waals surface area contributed by atoms with E-state index in [1.165, 1.54) is 13.3 Å². The first-order valence-corrected chi connectivity index (χ1v) is 10.1. The van der Waals surface area contributed by atoms with Gasteiger partial charge in [0.2, 0.25) is 0 Å². The van der Waals surface area contributed by atoms with Gasteiger partial charge in [0, 0.05) is 12.1 Å². The van der Waals surface area contributed by atoms with Gasteiger partial charge >= 0.3 is 6.09 Å². The lowest BCUT2D eigenvalue weighted by atomic mass is 9.99. The van der Waals surface area contributed by atoms with Crippen LogP contribution in [0.15, 0.2) is 77.9 Å². The lowest BCUT2D eigenvalue weighted by Crippen LogP contribution is -2.43. The topological polar surface area (TPSA) is 130 Å². The number of alkyl carbamates (subject to hydrolysis) is 1. The monoisotopic (exact) mass is 441 g/mol. The van der Waals surface area contributed by atoms with Crippen LogP contribution in [0.5, 0.6) is 0 Å². The van der Waals surface area contributed by atoms with Gasteiger partial charge in [-0.1, -0.05) is 54.6 Å². The Balaban J connectivity index is 1.83. The Kier molecular flexibility index (Phi) is 7.76. The minimum Gasteiger partial charge on any atom is -0.453 e. The summed E-state index contributed by atoms with van der Waals surface area (Å²) >= 11 is 0. The van der Waals surface area contributed by atoms with E-state index >= 15 is 0 Å². The highest BCUT2D eigenvalue weighted by atomic mass is 16.5. The Bertz CT molecular complexity index is 1200. The third-order valence-corrected chi connectivity index (χ3v) is 4.93. The second kappa shape index (κ2) is 11.1. The summed E-state index contributed by atoms with van der Waals surface area (Å²) < 4.78 is 4.55. The minimum absolute atomic E-state index is 0.300. The molecule has 0 aromatic heterocycles. The third kappa shape index (κ3) is 6.18. The van der Waals surface area contributed by atoms with E-state index in [9.17, 15) is 14.9 Å². The first-order valence-electron chi connectivity index (χ1n) is 10.1. The van der Waals surface area contributed by atoms with Gasteiger partial charge in [-0.05, 0) is 40.5 Å². The van der Waals surface area contributed by atoms with Crippen molar-refractivity contribution in [2.45, 2.75) is 12.5 Å². The molecule has 0 radical (unpaired) electrons. The number of nitrogens with one attached hydrogen (secondary N) is 2. The Labute approximate surface area is 191 Å². The molecule has 166 valence electrons. The Morgan fingerprint density at radius 3 is 2.58 bits per heavy atom. The van der Waals surface area contributed by atoms with Crippen LogP contribution in [0.2, 0.25) is 0 Å². The average Bonchev–Trinajstić information content (AvgIpc) is 2.84. The van der Waals surface area contributed by atoms with Gasteiger partial charge in [0.15, 0.2) is 0 Å². The summed E-state index contributed by atoms with van der Waals surface area (Å²) in [5.41, 5.74) is 4.60. The maximum atomic E-state index is 12.7. The number of imide groups is 1. The number of nitriles is 1. The molecule has 0 aliphatic carbocycles. The first kappa shape index (κ1) is 23.0. The van der Waals surface area contributed by atoms with Crippen LogP contribution in [0.3, 0.4) is 0 Å². The predicted octanol–water partition coefficient (Wildman–Crippen LogP) is 3.42. The van der Waals surface area contributed by atoms with Crippen LogP contribution in [0.1, 0.15) is 16.7 Å². The van der Waals surface area contributed by atoms with Crippen molar-refractivity contribution in [1.29, 1.82) is 5.26 Å². The summed E-state index contributed by atoms with van der Waals surface area (Å²) in [5.74, 6) is 4.70. The summed E-state index contributed by atoms with van der Waals surface area (Å²) in [4.78, 5) is 24.3. The molecule has 0 unspecified atom stereocenters. The number of methoxy groups -OCH3 is 1. The summed E-state index contributed by atoms with van der Waals surface area (Å²) in [6.07, 6.45) is 0.978. The van der Waals surface area contributed by atoms with Crippen LogP contribution in [-0.2, 0) is 16.0 Å². The number of hydrogen-bond acceptors (Lipinski definition) is 7. The number of benzene rings is 3. The molecule has 8 nitrogen and oxygen atoms in total. The van der Waals surface area contributed by atoms with Crippen LogP contribution in [0.25, 0.3) is 11.1 Å². The van der Waals surface area contributed by atoms with Gasteiger partial charge in [0.05, 0.1) is 25.0 Å². The number of nitrogens with zero attached hydrogens (tertiary/aromatic N) is 2. The Morgan fingerprint density at radius 1 is 1.12 bits per heavy atom. The van der Waals surface area contributed by atoms with Crippen LogP contribution in [0.4, 0.5) is 10.5 Å². The smallest absolute Gasteiger partial charge is 0.413 e. The fraction of sp³-hybridized carbons (Fsp3) is 0.120. The molecule has 0 saturated heterocycles. The van der Waals surface area contributed by atoms with E-state index in [1.54, 1.807) is 6.07 Å². The second-order valence-corrected chi connectivity index (χ2v) is 7.14. The molecule has 2 amide bonds. The molecule has 0 spiro atoms. The SMILES string of the molecule is COC(=O)NC(=O)[C@H](Cc1cccc(C=NN)c1)Nc1ccc(-c2ccccc2C#N)cc1. The highest BCUT2D eigenvalue weighted by molar-refractivity contribution is 5.96. The van der Waals surface area contributed by atoms with Crippen molar-refractivity contribution in [2.75, 3.05) is 12.4 Å². The van der Waals surface area contributed by atoms with E-state index in [0.717, 1.165) is 22.3 Å². The van der Waals surface area contributed by atoms with Crippen LogP contribution >= 0.6 is 0 Å². The maximum absolute atomic E-state index is 12.7. The van der Waals surface area contributed by atoms with E-state index in [2.05, 4.69) is 26.5 Å². The zero-order valence-electron chi connectivity index (χ0n) is 18.0. The van der Waals surface area contributed by atoms with Gasteiger partial charge in [0.1, 0.15) is 6.04 Å². The molecule has 3 aromatic rings. The van der Waals surface area contributed by atoms with Crippen LogP contribution in [0, 0.1) is 11.3 Å². The van der Waals surface area contributed by atoms with Crippen molar-refractivity contribution < 1.29 is 14.3 Å². The van der Waals surface area contributed by atoms with Gasteiger partial charge in [-0.25, -0.2) is 4.79 Å². The lowest BCUT2D eigenvalue weighted by molar-refractivity contribution is -0.121. The lowest BCUT2D eigenvalue weighted by Gasteiger charge is -2.19. The highest BCUT2D eigenvalue weighted by Crippen LogP contribution is 2.25. The fourth-order valence-electron chi connectivity index (χ4n) is 3.35. The maximum Gasteiger partial charge on any atom is 0.413 e. The van der Waals surface area contributed by atoms with Crippen molar-refractivity contribution in [3.63, 3.8) is 0 Å². The number of hydrazone groups is 1. The molecule has 3 aromatic carbocycles. The molecule has 4 N–H and O–H groups in total. The number of nitrogens with two attached hydrogens (primary N) is 1. The highest BCUT2D eigenvalue weighted by Gasteiger charge is 2.21. The third-order valence-electron chi connectivity index (χ3n) is 4.93. The Morgan fingerprint density at radius 2 is 1.88 bits per heavy atom. The Hall–Kier alpha value is -4.64. The summed E-state index contributed by atoms with van der Waals surface area (Å²) in [6, 6.07) is 23.5. The zero-order valence-corrected chi connectivity index (χ0v) is 18.0. The molecule has 0 heterocycles. The second-order valence-electron chi connectivity index (χ2n) is 7.14. The number of rotatable bonds is 7. The van der Waals surface area contributed by atoms with Crippen molar-refractivity contribution in [3.05, 3.63) is 89.5 Å². The number of hydrogen-bond donors (Lipinski definition) is 3. The number of carbonyl (C=O) groups excluding carboxylic acids is 2. The molecule has 1 atom stereocenters. The molecule has 0 bridgehead atoms. The normalized spacial score (nSPS) is 11.4. The molecule has 0 fully saturated rings. The van der Waals surface area contributed by atoms with Gasteiger partial charge in [-0.15, -0.1) is 0 Å². The molecule has 8 heteroatoms. The quantitative estimate of drug-likeness (QED) is 0.293. The van der Waals surface area contributed by atoms with Crippen LogP contribution < -0.4 is 16.5 Å². The largest absolute Gasteiger partial charge is 0.453 e. The van der Waals surface area contributed by atoms with Crippen molar-refractivity contribution in [1.82, 2.24) is 5.32 Å². The zero-order chi connectivity index (χ0) is 23.6. The van der Waals surface area contributed by atoms with E-state index in [-0.39, 0.29) is 0 Å². The van der Waals surface area contributed by atoms with Crippen LogP contribution in [-0.4, -0.2) is 31.4 Å². The molecule has 0 aliphatic heterocycles. The van der Waals surface area contributed by atoms with Crippen molar-refractivity contribution in [2.24, 2.45) is 10.9 Å². The van der Waals surface area contributed by atoms with E-state index in [4.69, 9.17) is 5.84 Å². The number of amides is 2. The fourth-order valence-corrected chi connectivity index (χ4v) is 3.35. The predicted molar refractivity (Wildman–Crippen MR) is 126 cm³/mol. The minimum atomic E-state index is -0.834. The molecule has 33 heavy (non-hydrogen) atoms. The number of carbonyl (C=O) groups is 2. The summed E-state index contributed by atoms with van der Waals surface area (Å²) in [7, 11) is 1.19. The summed E-state index contributed by atoms with van der Waals surface area (Å²) in [5, 5.41) is 18.3. The van der Waals surface area contributed by atoms with Crippen molar-refractivity contribution in [3.8, 4) is 17.2 Å². The standard InChI is InChI=1S/C25H23N5O3/c1-33-25(32)30-24(31)23(14-17-5-4-6-18(13-17)16-28-27)29-21-11-9-19(10-12-21)22-8-3-2-7-20(22)15-26/h2-13,16,23,29H,14,27H2,1H3,(H,30,31,32)/t23-/m0/s1. The average molecular weight is 441 g/mol.